The van der Waals surface area contributed by atoms with Crippen LogP contribution < -0.4 is 5.32 Å². The number of hydrogen-bond donors (Lipinski definition) is 1. The first-order chi connectivity index (χ1) is 8.46. The van der Waals surface area contributed by atoms with Crippen LogP contribution in [0.15, 0.2) is 23.6 Å². The van der Waals surface area contributed by atoms with Crippen molar-refractivity contribution in [2.75, 3.05) is 5.75 Å². The van der Waals surface area contributed by atoms with Gasteiger partial charge in [0.25, 0.3) is 5.78 Å². The highest BCUT2D eigenvalue weighted by Gasteiger charge is 2.15. The lowest BCUT2D eigenvalue weighted by Gasteiger charge is -2.20. The Labute approximate surface area is 109 Å². The molecule has 96 valence electrons. The fraction of sp³-hybridized carbons (Fsp3) is 0.455. The summed E-state index contributed by atoms with van der Waals surface area (Å²) in [6.07, 6.45) is 3.48. The van der Waals surface area contributed by atoms with Gasteiger partial charge in [-0.25, -0.2) is 4.98 Å². The molecule has 0 fully saturated rings. The molecule has 2 rings (SSSR count). The molecule has 0 aliphatic rings. The third-order valence-corrected chi connectivity index (χ3v) is 2.95. The van der Waals surface area contributed by atoms with E-state index in [0.29, 0.717) is 16.7 Å². The van der Waals surface area contributed by atoms with Crippen LogP contribution in [0.5, 0.6) is 0 Å². The quantitative estimate of drug-likeness (QED) is 0.842. The average Bonchev–Trinajstić information content (AvgIpc) is 2.67. The van der Waals surface area contributed by atoms with Gasteiger partial charge in [0, 0.05) is 17.9 Å². The van der Waals surface area contributed by atoms with Crippen LogP contribution in [0.3, 0.4) is 0 Å². The zero-order chi connectivity index (χ0) is 13.2. The predicted octanol–water partition coefficient (Wildman–Crippen LogP) is 1.13. The van der Waals surface area contributed by atoms with Crippen LogP contribution in [-0.4, -0.2) is 36.8 Å². The van der Waals surface area contributed by atoms with E-state index >= 15 is 0 Å². The second kappa shape index (κ2) is 4.93. The largest absolute Gasteiger partial charge is 0.351 e. The van der Waals surface area contributed by atoms with Crippen LogP contribution in [0.4, 0.5) is 0 Å². The van der Waals surface area contributed by atoms with Gasteiger partial charge in [-0.05, 0) is 26.8 Å². The summed E-state index contributed by atoms with van der Waals surface area (Å²) in [5, 5.41) is 11.5. The van der Waals surface area contributed by atoms with Crippen LogP contribution in [0, 0.1) is 0 Å². The Bertz CT molecular complexity index is 560. The summed E-state index contributed by atoms with van der Waals surface area (Å²) >= 11 is 1.34. The average molecular weight is 265 g/mol. The van der Waals surface area contributed by atoms with Gasteiger partial charge >= 0.3 is 0 Å². The summed E-state index contributed by atoms with van der Waals surface area (Å²) in [6.45, 7) is 5.85. The van der Waals surface area contributed by atoms with Crippen molar-refractivity contribution < 1.29 is 4.79 Å². The monoisotopic (exact) mass is 265 g/mol. The second-order valence-corrected chi connectivity index (χ2v) is 5.80. The number of carbonyl (C=O) groups is 1. The normalized spacial score (nSPS) is 11.7. The van der Waals surface area contributed by atoms with Gasteiger partial charge < -0.3 is 5.32 Å². The molecule has 0 bridgehead atoms. The predicted molar refractivity (Wildman–Crippen MR) is 69.4 cm³/mol. The molecule has 0 spiro atoms. The molecule has 0 aliphatic carbocycles. The molecule has 0 saturated carbocycles. The van der Waals surface area contributed by atoms with Crippen molar-refractivity contribution in [3.8, 4) is 0 Å². The maximum atomic E-state index is 11.7. The van der Waals surface area contributed by atoms with Crippen molar-refractivity contribution in [1.82, 2.24) is 24.9 Å². The van der Waals surface area contributed by atoms with Crippen LogP contribution in [0.1, 0.15) is 20.8 Å². The highest BCUT2D eigenvalue weighted by Crippen LogP contribution is 2.15. The highest BCUT2D eigenvalue weighted by atomic mass is 32.2. The topological polar surface area (TPSA) is 72.2 Å². The smallest absolute Gasteiger partial charge is 0.255 e. The molecule has 0 aromatic carbocycles. The standard InChI is InChI=1S/C11H15N5OS/c1-11(2,3)13-8(17)7-18-10-15-14-9-12-5-4-6-16(9)10/h4-6H,7H2,1-3H3,(H,13,17). The molecule has 6 nitrogen and oxygen atoms in total. The number of amides is 1. The van der Waals surface area contributed by atoms with Crippen molar-refractivity contribution in [3.63, 3.8) is 0 Å². The highest BCUT2D eigenvalue weighted by molar-refractivity contribution is 7.99. The third-order valence-electron chi connectivity index (χ3n) is 2.00. The van der Waals surface area contributed by atoms with Gasteiger partial charge in [-0.3, -0.25) is 9.20 Å². The van der Waals surface area contributed by atoms with Gasteiger partial charge in [0.1, 0.15) is 0 Å². The van der Waals surface area contributed by atoms with E-state index in [0.717, 1.165) is 0 Å². The molecule has 0 aliphatic heterocycles. The number of aromatic nitrogens is 4. The molecule has 0 saturated heterocycles. The molecule has 0 atom stereocenters. The van der Waals surface area contributed by atoms with E-state index in [-0.39, 0.29) is 11.4 Å². The Morgan fingerprint density at radius 2 is 2.22 bits per heavy atom. The lowest BCUT2D eigenvalue weighted by molar-refractivity contribution is -0.119. The Balaban J connectivity index is 2.00. The molecule has 18 heavy (non-hydrogen) atoms. The van der Waals surface area contributed by atoms with Crippen molar-refractivity contribution in [2.24, 2.45) is 0 Å². The molecule has 2 aromatic heterocycles. The fourth-order valence-electron chi connectivity index (χ4n) is 1.40. The van der Waals surface area contributed by atoms with Gasteiger partial charge in [0.05, 0.1) is 5.75 Å². The van der Waals surface area contributed by atoms with E-state index in [1.807, 2.05) is 27.0 Å². The second-order valence-electron chi connectivity index (χ2n) is 4.86. The molecule has 0 unspecified atom stereocenters. The van der Waals surface area contributed by atoms with Crippen LogP contribution in [0.2, 0.25) is 0 Å². The minimum Gasteiger partial charge on any atom is -0.351 e. The number of thioether (sulfide) groups is 1. The van der Waals surface area contributed by atoms with Crippen molar-refractivity contribution in [1.29, 1.82) is 0 Å². The molecular formula is C11H15N5OS. The van der Waals surface area contributed by atoms with Crippen LogP contribution in [-0.2, 0) is 4.79 Å². The fourth-order valence-corrected chi connectivity index (χ4v) is 2.12. The molecular weight excluding hydrogens is 250 g/mol. The van der Waals surface area contributed by atoms with Gasteiger partial charge in [0.15, 0.2) is 5.16 Å². The minimum absolute atomic E-state index is 0.0202. The third kappa shape index (κ3) is 3.19. The number of carbonyl (C=O) groups excluding carboxylic acids is 1. The van der Waals surface area contributed by atoms with E-state index in [4.69, 9.17) is 0 Å². The molecule has 1 N–H and O–H groups in total. The summed E-state index contributed by atoms with van der Waals surface area (Å²) in [7, 11) is 0. The molecule has 0 radical (unpaired) electrons. The number of fused-ring (bicyclic) bond motifs is 1. The Morgan fingerprint density at radius 1 is 1.44 bits per heavy atom. The lowest BCUT2D eigenvalue weighted by atomic mass is 10.1. The molecule has 2 heterocycles. The first-order valence-electron chi connectivity index (χ1n) is 5.55. The van der Waals surface area contributed by atoms with Gasteiger partial charge in [0.2, 0.25) is 5.91 Å². The summed E-state index contributed by atoms with van der Waals surface area (Å²) in [5.74, 6) is 0.830. The Morgan fingerprint density at radius 3 is 2.94 bits per heavy atom. The van der Waals surface area contributed by atoms with Gasteiger partial charge in [-0.15, -0.1) is 10.2 Å². The molecule has 1 amide bonds. The molecule has 7 heteroatoms. The maximum Gasteiger partial charge on any atom is 0.255 e. The SMILES string of the molecule is CC(C)(C)NC(=O)CSc1nnc2ncccn12. The minimum atomic E-state index is -0.216. The van der Waals surface area contributed by atoms with Gasteiger partial charge in [-0.1, -0.05) is 11.8 Å². The van der Waals surface area contributed by atoms with E-state index in [1.54, 1.807) is 16.7 Å². The van der Waals surface area contributed by atoms with E-state index in [2.05, 4.69) is 20.5 Å². The van der Waals surface area contributed by atoms with E-state index < -0.39 is 0 Å². The van der Waals surface area contributed by atoms with Gasteiger partial charge in [-0.2, -0.15) is 0 Å². The van der Waals surface area contributed by atoms with Crippen LogP contribution in [0.25, 0.3) is 5.78 Å². The lowest BCUT2D eigenvalue weighted by Crippen LogP contribution is -2.41. The number of rotatable bonds is 3. The number of nitrogens with one attached hydrogen (secondary N) is 1. The van der Waals surface area contributed by atoms with Crippen LogP contribution >= 0.6 is 11.8 Å². The summed E-state index contributed by atoms with van der Waals surface area (Å²) < 4.78 is 1.76. The number of nitrogens with zero attached hydrogens (tertiary/aromatic N) is 4. The Kier molecular flexibility index (Phi) is 3.51. The zero-order valence-corrected chi connectivity index (χ0v) is 11.4. The van der Waals surface area contributed by atoms with E-state index in [9.17, 15) is 4.79 Å². The zero-order valence-electron chi connectivity index (χ0n) is 10.5. The van der Waals surface area contributed by atoms with Crippen molar-refractivity contribution in [3.05, 3.63) is 18.5 Å². The Hall–Kier alpha value is -1.63. The van der Waals surface area contributed by atoms with Crippen molar-refractivity contribution in [2.45, 2.75) is 31.5 Å². The van der Waals surface area contributed by atoms with E-state index in [1.165, 1.54) is 11.8 Å². The van der Waals surface area contributed by atoms with Crippen molar-refractivity contribution >= 4 is 23.4 Å². The first-order valence-corrected chi connectivity index (χ1v) is 6.54. The summed E-state index contributed by atoms with van der Waals surface area (Å²) in [5.41, 5.74) is -0.216. The maximum absolute atomic E-state index is 11.7. The number of hydrogen-bond acceptors (Lipinski definition) is 5. The first kappa shape index (κ1) is 12.8. The summed E-state index contributed by atoms with van der Waals surface area (Å²) in [6, 6.07) is 1.80. The molecule has 2 aromatic rings. The summed E-state index contributed by atoms with van der Waals surface area (Å²) in [4.78, 5) is 15.7.